The van der Waals surface area contributed by atoms with E-state index in [1.165, 1.54) is 19.2 Å². The van der Waals surface area contributed by atoms with E-state index in [4.69, 9.17) is 11.6 Å². The Bertz CT molecular complexity index is 696. The van der Waals surface area contributed by atoms with Gasteiger partial charge in [-0.25, -0.2) is 9.97 Å². The van der Waals surface area contributed by atoms with E-state index in [0.717, 1.165) is 30.4 Å². The number of hydrogen-bond acceptors (Lipinski definition) is 4. The first kappa shape index (κ1) is 16.7. The summed E-state index contributed by atoms with van der Waals surface area (Å²) >= 11 is 5.86. The number of rotatable bonds is 4. The molecular weight excluding hydrogens is 324 g/mol. The summed E-state index contributed by atoms with van der Waals surface area (Å²) in [5.74, 6) is 2.08. The highest BCUT2D eigenvalue weighted by molar-refractivity contribution is 6.30. The highest BCUT2D eigenvalue weighted by Gasteiger charge is 2.17. The number of benzene rings is 1. The van der Waals surface area contributed by atoms with Crippen molar-refractivity contribution in [2.24, 2.45) is 5.92 Å². The van der Waals surface area contributed by atoms with Gasteiger partial charge in [0.1, 0.15) is 18.0 Å². The van der Waals surface area contributed by atoms with Crippen LogP contribution in [0.15, 0.2) is 36.7 Å². The molecule has 0 atom stereocenters. The van der Waals surface area contributed by atoms with E-state index < -0.39 is 0 Å². The van der Waals surface area contributed by atoms with Crippen LogP contribution in [0.3, 0.4) is 0 Å². The molecule has 1 N–H and O–H groups in total. The number of amides is 1. The molecule has 1 aromatic heterocycles. The molecule has 0 bridgehead atoms. The van der Waals surface area contributed by atoms with Gasteiger partial charge in [-0.2, -0.15) is 0 Å². The maximum atomic E-state index is 12.2. The zero-order chi connectivity index (χ0) is 16.9. The fraction of sp³-hybridized carbons (Fsp3) is 0.389. The molecule has 126 valence electrons. The Balaban J connectivity index is 1.61. The quantitative estimate of drug-likeness (QED) is 0.921. The van der Waals surface area contributed by atoms with Crippen LogP contribution in [0.25, 0.3) is 0 Å². The lowest BCUT2D eigenvalue weighted by atomic mass is 9.99. The van der Waals surface area contributed by atoms with Crippen molar-refractivity contribution in [3.8, 4) is 0 Å². The molecule has 0 aliphatic carbocycles. The molecule has 5 nitrogen and oxygen atoms in total. The second-order valence-corrected chi connectivity index (χ2v) is 6.72. The Morgan fingerprint density at radius 3 is 2.67 bits per heavy atom. The van der Waals surface area contributed by atoms with Crippen LogP contribution in [0.1, 0.15) is 25.3 Å². The van der Waals surface area contributed by atoms with Gasteiger partial charge in [0.25, 0.3) is 0 Å². The normalized spacial score (nSPS) is 15.3. The summed E-state index contributed by atoms with van der Waals surface area (Å²) in [4.78, 5) is 22.9. The zero-order valence-corrected chi connectivity index (χ0v) is 14.5. The smallest absolute Gasteiger partial charge is 0.229 e. The van der Waals surface area contributed by atoms with Crippen LogP contribution in [-0.2, 0) is 11.2 Å². The minimum Gasteiger partial charge on any atom is -0.356 e. The summed E-state index contributed by atoms with van der Waals surface area (Å²) in [6.07, 6.45) is 4.13. The summed E-state index contributed by atoms with van der Waals surface area (Å²) in [5, 5.41) is 3.51. The Hall–Kier alpha value is -2.14. The minimum atomic E-state index is -0.103. The van der Waals surface area contributed by atoms with E-state index in [0.29, 0.717) is 10.8 Å². The van der Waals surface area contributed by atoms with Crippen molar-refractivity contribution >= 4 is 29.1 Å². The first-order chi connectivity index (χ1) is 11.6. The molecule has 24 heavy (non-hydrogen) atoms. The molecule has 1 aromatic carbocycles. The van der Waals surface area contributed by atoms with Crippen molar-refractivity contribution in [2.45, 2.75) is 26.2 Å². The molecule has 0 unspecified atom stereocenters. The molecule has 0 saturated carbocycles. The van der Waals surface area contributed by atoms with Crippen LogP contribution in [-0.4, -0.2) is 29.0 Å². The van der Waals surface area contributed by atoms with Crippen LogP contribution in [0.2, 0.25) is 5.02 Å². The second kappa shape index (κ2) is 7.62. The van der Waals surface area contributed by atoms with E-state index in [-0.39, 0.29) is 12.3 Å². The van der Waals surface area contributed by atoms with Gasteiger partial charge in [0.05, 0.1) is 6.42 Å². The molecule has 2 heterocycles. The standard InChI is InChI=1S/C18H21ClN4O/c1-13-6-8-23(9-7-13)17-11-16(20-12-21-17)22-18(24)10-14-2-4-15(19)5-3-14/h2-5,11-13H,6-10H2,1H3,(H,20,21,22,24). The summed E-state index contributed by atoms with van der Waals surface area (Å²) < 4.78 is 0. The fourth-order valence-corrected chi connectivity index (χ4v) is 2.93. The Labute approximate surface area is 147 Å². The maximum absolute atomic E-state index is 12.2. The SMILES string of the molecule is CC1CCN(c2cc(NC(=O)Cc3ccc(Cl)cc3)ncn2)CC1. The van der Waals surface area contributed by atoms with Crippen molar-refractivity contribution in [3.63, 3.8) is 0 Å². The lowest BCUT2D eigenvalue weighted by molar-refractivity contribution is -0.115. The lowest BCUT2D eigenvalue weighted by Crippen LogP contribution is -2.33. The summed E-state index contributed by atoms with van der Waals surface area (Å²) in [6.45, 7) is 4.27. The van der Waals surface area contributed by atoms with Gasteiger partial charge in [0.2, 0.25) is 5.91 Å². The first-order valence-corrected chi connectivity index (χ1v) is 8.59. The third kappa shape index (κ3) is 4.45. The van der Waals surface area contributed by atoms with Gasteiger partial charge in [-0.3, -0.25) is 4.79 Å². The molecule has 1 aliphatic rings. The van der Waals surface area contributed by atoms with Gasteiger partial charge in [-0.05, 0) is 36.5 Å². The van der Waals surface area contributed by atoms with Gasteiger partial charge in [0.15, 0.2) is 0 Å². The van der Waals surface area contributed by atoms with Gasteiger partial charge in [-0.15, -0.1) is 0 Å². The maximum Gasteiger partial charge on any atom is 0.229 e. The van der Waals surface area contributed by atoms with E-state index >= 15 is 0 Å². The van der Waals surface area contributed by atoms with E-state index in [1.807, 2.05) is 18.2 Å². The second-order valence-electron chi connectivity index (χ2n) is 6.28. The number of aromatic nitrogens is 2. The summed E-state index contributed by atoms with van der Waals surface area (Å²) in [5.41, 5.74) is 0.913. The minimum absolute atomic E-state index is 0.103. The Morgan fingerprint density at radius 2 is 1.96 bits per heavy atom. The molecule has 2 aromatic rings. The lowest BCUT2D eigenvalue weighted by Gasteiger charge is -2.31. The van der Waals surface area contributed by atoms with Crippen molar-refractivity contribution in [1.82, 2.24) is 9.97 Å². The number of hydrogen-bond donors (Lipinski definition) is 1. The topological polar surface area (TPSA) is 58.1 Å². The molecule has 1 saturated heterocycles. The molecule has 0 spiro atoms. The number of nitrogens with zero attached hydrogens (tertiary/aromatic N) is 3. The Kier molecular flexibility index (Phi) is 5.30. The third-order valence-electron chi connectivity index (χ3n) is 4.31. The monoisotopic (exact) mass is 344 g/mol. The number of nitrogens with one attached hydrogen (secondary N) is 1. The average Bonchev–Trinajstić information content (AvgIpc) is 2.58. The molecule has 1 aliphatic heterocycles. The van der Waals surface area contributed by atoms with E-state index in [2.05, 4.69) is 27.1 Å². The summed E-state index contributed by atoms with van der Waals surface area (Å²) in [6, 6.07) is 9.11. The molecule has 3 rings (SSSR count). The molecule has 0 radical (unpaired) electrons. The van der Waals surface area contributed by atoms with Crippen LogP contribution in [0, 0.1) is 5.92 Å². The number of carbonyl (C=O) groups is 1. The molecule has 1 amide bonds. The Morgan fingerprint density at radius 1 is 1.25 bits per heavy atom. The third-order valence-corrected chi connectivity index (χ3v) is 4.56. The van der Waals surface area contributed by atoms with Crippen LogP contribution < -0.4 is 10.2 Å². The number of anilines is 2. The number of carbonyl (C=O) groups excluding carboxylic acids is 1. The van der Waals surface area contributed by atoms with Crippen LogP contribution in [0.5, 0.6) is 0 Å². The predicted octanol–water partition coefficient (Wildman–Crippen LogP) is 3.55. The largest absolute Gasteiger partial charge is 0.356 e. The van der Waals surface area contributed by atoms with Gasteiger partial charge in [-0.1, -0.05) is 30.7 Å². The average molecular weight is 345 g/mol. The van der Waals surface area contributed by atoms with Gasteiger partial charge in [0, 0.05) is 24.2 Å². The zero-order valence-electron chi connectivity index (χ0n) is 13.7. The van der Waals surface area contributed by atoms with Crippen molar-refractivity contribution in [3.05, 3.63) is 47.2 Å². The highest BCUT2D eigenvalue weighted by atomic mass is 35.5. The van der Waals surface area contributed by atoms with Crippen molar-refractivity contribution in [1.29, 1.82) is 0 Å². The van der Waals surface area contributed by atoms with Crippen molar-refractivity contribution < 1.29 is 4.79 Å². The molecule has 6 heteroatoms. The number of halogens is 1. The van der Waals surface area contributed by atoms with Crippen LogP contribution >= 0.6 is 11.6 Å². The molecule has 1 fully saturated rings. The van der Waals surface area contributed by atoms with Crippen molar-refractivity contribution in [2.75, 3.05) is 23.3 Å². The van der Waals surface area contributed by atoms with Gasteiger partial charge < -0.3 is 10.2 Å². The predicted molar refractivity (Wildman–Crippen MR) is 96.4 cm³/mol. The van der Waals surface area contributed by atoms with Crippen LogP contribution in [0.4, 0.5) is 11.6 Å². The van der Waals surface area contributed by atoms with E-state index in [9.17, 15) is 4.79 Å². The van der Waals surface area contributed by atoms with Gasteiger partial charge >= 0.3 is 0 Å². The van der Waals surface area contributed by atoms with E-state index in [1.54, 1.807) is 12.1 Å². The summed E-state index contributed by atoms with van der Waals surface area (Å²) in [7, 11) is 0. The first-order valence-electron chi connectivity index (χ1n) is 8.21. The molecular formula is C18H21ClN4O. The fourth-order valence-electron chi connectivity index (χ4n) is 2.80. The number of piperidine rings is 1. The highest BCUT2D eigenvalue weighted by Crippen LogP contribution is 2.22.